The molecule has 42 valence electrons. The minimum Gasteiger partial charge on any atom is -0.302 e. The Morgan fingerprint density at radius 3 is 2.43 bits per heavy atom. The van der Waals surface area contributed by atoms with Crippen molar-refractivity contribution in [2.75, 3.05) is 11.6 Å². The number of nitrogens with one attached hydrogen (secondary N) is 1. The molecule has 1 aliphatic heterocycles. The molecule has 1 heterocycles. The molecule has 0 saturated carbocycles. The number of rotatable bonds is 0. The lowest BCUT2D eigenvalue weighted by atomic mass is 10.1. The van der Waals surface area contributed by atoms with E-state index in [1.165, 1.54) is 5.75 Å². The molecule has 1 rings (SSSR count). The smallest absolute Gasteiger partial charge is 0.0422 e. The third kappa shape index (κ3) is 1.35. The minimum absolute atomic E-state index is 0.407. The predicted octanol–water partition coefficient (Wildman–Crippen LogP) is 1.06. The van der Waals surface area contributed by atoms with Gasteiger partial charge in [0.1, 0.15) is 0 Å². The first kappa shape index (κ1) is 5.45. The standard InChI is InChI=1S/C5H11NS/c1-5(2)3-7-4-6-5/h6H,3-4H2,1-2H3. The molecule has 0 aromatic heterocycles. The van der Waals surface area contributed by atoms with Crippen molar-refractivity contribution in [3.05, 3.63) is 0 Å². The van der Waals surface area contributed by atoms with Crippen molar-refractivity contribution in [3.63, 3.8) is 0 Å². The molecule has 0 atom stereocenters. The van der Waals surface area contributed by atoms with Gasteiger partial charge in [-0.3, -0.25) is 0 Å². The number of hydrogen-bond acceptors (Lipinski definition) is 2. The molecule has 1 N–H and O–H groups in total. The summed E-state index contributed by atoms with van der Waals surface area (Å²) in [7, 11) is 0. The first-order chi connectivity index (χ1) is 3.21. The van der Waals surface area contributed by atoms with Crippen molar-refractivity contribution in [2.24, 2.45) is 0 Å². The molecule has 0 aromatic carbocycles. The summed E-state index contributed by atoms with van der Waals surface area (Å²) in [4.78, 5) is 0. The van der Waals surface area contributed by atoms with Crippen LogP contribution in [0.3, 0.4) is 0 Å². The monoisotopic (exact) mass is 117 g/mol. The Kier molecular flexibility index (Phi) is 1.30. The zero-order chi connectivity index (χ0) is 5.33. The van der Waals surface area contributed by atoms with Crippen molar-refractivity contribution < 1.29 is 0 Å². The molecule has 1 fully saturated rings. The third-order valence-electron chi connectivity index (χ3n) is 1.12. The Bertz CT molecular complexity index is 62.5. The van der Waals surface area contributed by atoms with E-state index in [0.717, 1.165) is 5.88 Å². The van der Waals surface area contributed by atoms with Crippen LogP contribution in [0.5, 0.6) is 0 Å². The van der Waals surface area contributed by atoms with Crippen molar-refractivity contribution in [1.29, 1.82) is 0 Å². The second-order valence-corrected chi connectivity index (χ2v) is 3.54. The Morgan fingerprint density at radius 1 is 1.57 bits per heavy atom. The lowest BCUT2D eigenvalue weighted by molar-refractivity contribution is 0.491. The maximum atomic E-state index is 3.36. The van der Waals surface area contributed by atoms with Crippen LogP contribution in [-0.4, -0.2) is 17.2 Å². The van der Waals surface area contributed by atoms with Crippen LogP contribution >= 0.6 is 11.8 Å². The van der Waals surface area contributed by atoms with Gasteiger partial charge in [0.15, 0.2) is 0 Å². The minimum atomic E-state index is 0.407. The average molecular weight is 117 g/mol. The molecule has 1 nitrogen and oxygen atoms in total. The van der Waals surface area contributed by atoms with Gasteiger partial charge < -0.3 is 5.32 Å². The van der Waals surface area contributed by atoms with E-state index < -0.39 is 0 Å². The summed E-state index contributed by atoms with van der Waals surface area (Å²) in [6, 6.07) is 0. The summed E-state index contributed by atoms with van der Waals surface area (Å²) in [6.45, 7) is 4.46. The maximum Gasteiger partial charge on any atom is 0.0422 e. The predicted molar refractivity (Wildman–Crippen MR) is 34.5 cm³/mol. The zero-order valence-electron chi connectivity index (χ0n) is 4.82. The summed E-state index contributed by atoms with van der Waals surface area (Å²) < 4.78 is 0. The largest absolute Gasteiger partial charge is 0.302 e. The normalized spacial score (nSPS) is 28.3. The van der Waals surface area contributed by atoms with Crippen LogP contribution in [0.25, 0.3) is 0 Å². The molecular weight excluding hydrogens is 106 g/mol. The third-order valence-corrected chi connectivity index (χ3v) is 2.39. The van der Waals surface area contributed by atoms with Gasteiger partial charge in [-0.15, -0.1) is 11.8 Å². The van der Waals surface area contributed by atoms with Crippen LogP contribution in [0.2, 0.25) is 0 Å². The van der Waals surface area contributed by atoms with Gasteiger partial charge in [0, 0.05) is 17.2 Å². The zero-order valence-corrected chi connectivity index (χ0v) is 5.64. The quantitative estimate of drug-likeness (QED) is 0.509. The first-order valence-corrected chi connectivity index (χ1v) is 3.69. The number of hydrogen-bond donors (Lipinski definition) is 1. The second-order valence-electron chi connectivity index (χ2n) is 2.55. The van der Waals surface area contributed by atoms with E-state index in [9.17, 15) is 0 Å². The molecule has 1 aliphatic rings. The Morgan fingerprint density at radius 2 is 2.29 bits per heavy atom. The SMILES string of the molecule is CC1(C)CSCN1. The van der Waals surface area contributed by atoms with Crippen LogP contribution in [0.1, 0.15) is 13.8 Å². The molecule has 0 amide bonds. The van der Waals surface area contributed by atoms with Crippen LogP contribution < -0.4 is 5.32 Å². The van der Waals surface area contributed by atoms with Crippen molar-refractivity contribution in [1.82, 2.24) is 5.32 Å². The van der Waals surface area contributed by atoms with E-state index in [0.29, 0.717) is 5.54 Å². The molecular formula is C5H11NS. The molecule has 0 spiro atoms. The molecule has 7 heavy (non-hydrogen) atoms. The van der Waals surface area contributed by atoms with Crippen molar-refractivity contribution in [2.45, 2.75) is 19.4 Å². The summed E-state index contributed by atoms with van der Waals surface area (Å²) >= 11 is 1.97. The highest BCUT2D eigenvalue weighted by atomic mass is 32.2. The summed E-state index contributed by atoms with van der Waals surface area (Å²) in [5.41, 5.74) is 0.407. The molecule has 0 bridgehead atoms. The topological polar surface area (TPSA) is 12.0 Å². The van der Waals surface area contributed by atoms with E-state index in [1.54, 1.807) is 0 Å². The fourth-order valence-corrected chi connectivity index (χ4v) is 1.81. The molecule has 0 unspecified atom stereocenters. The fraction of sp³-hybridized carbons (Fsp3) is 1.00. The van der Waals surface area contributed by atoms with Crippen LogP contribution in [0.4, 0.5) is 0 Å². The van der Waals surface area contributed by atoms with Gasteiger partial charge in [0.05, 0.1) is 0 Å². The van der Waals surface area contributed by atoms with Crippen molar-refractivity contribution >= 4 is 11.8 Å². The highest BCUT2D eigenvalue weighted by Crippen LogP contribution is 2.18. The number of thioether (sulfide) groups is 1. The first-order valence-electron chi connectivity index (χ1n) is 2.53. The summed E-state index contributed by atoms with van der Waals surface area (Å²) in [5.74, 6) is 2.39. The highest BCUT2D eigenvalue weighted by Gasteiger charge is 2.21. The molecule has 2 heteroatoms. The van der Waals surface area contributed by atoms with Gasteiger partial charge in [-0.05, 0) is 13.8 Å². The Balaban J connectivity index is 2.40. The van der Waals surface area contributed by atoms with Crippen molar-refractivity contribution in [3.8, 4) is 0 Å². The Hall–Kier alpha value is 0.310. The molecule has 0 aliphatic carbocycles. The van der Waals surface area contributed by atoms with E-state index >= 15 is 0 Å². The second kappa shape index (κ2) is 1.67. The molecule has 1 saturated heterocycles. The molecule has 0 aromatic rings. The van der Waals surface area contributed by atoms with E-state index in [2.05, 4.69) is 19.2 Å². The lowest BCUT2D eigenvalue weighted by Crippen LogP contribution is -2.34. The van der Waals surface area contributed by atoms with Crippen LogP contribution in [0.15, 0.2) is 0 Å². The Labute approximate surface area is 48.9 Å². The van der Waals surface area contributed by atoms with Gasteiger partial charge >= 0.3 is 0 Å². The van der Waals surface area contributed by atoms with E-state index in [4.69, 9.17) is 0 Å². The van der Waals surface area contributed by atoms with Gasteiger partial charge in [-0.1, -0.05) is 0 Å². The van der Waals surface area contributed by atoms with Crippen LogP contribution in [0, 0.1) is 0 Å². The summed E-state index contributed by atoms with van der Waals surface area (Å²) in [6.07, 6.45) is 0. The van der Waals surface area contributed by atoms with Gasteiger partial charge in [-0.25, -0.2) is 0 Å². The lowest BCUT2D eigenvalue weighted by Gasteiger charge is -2.14. The van der Waals surface area contributed by atoms with E-state index in [-0.39, 0.29) is 0 Å². The highest BCUT2D eigenvalue weighted by molar-refractivity contribution is 7.99. The molecule has 0 radical (unpaired) electrons. The van der Waals surface area contributed by atoms with E-state index in [1.807, 2.05) is 11.8 Å². The van der Waals surface area contributed by atoms with Gasteiger partial charge in [-0.2, -0.15) is 0 Å². The maximum absolute atomic E-state index is 3.36. The summed E-state index contributed by atoms with van der Waals surface area (Å²) in [5, 5.41) is 3.36. The van der Waals surface area contributed by atoms with Gasteiger partial charge in [0.25, 0.3) is 0 Å². The van der Waals surface area contributed by atoms with Crippen LogP contribution in [-0.2, 0) is 0 Å². The van der Waals surface area contributed by atoms with Gasteiger partial charge in [0.2, 0.25) is 0 Å². The average Bonchev–Trinajstić information content (AvgIpc) is 1.84. The fourth-order valence-electron chi connectivity index (χ4n) is 0.604.